The molecule has 0 bridgehead atoms. The lowest BCUT2D eigenvalue weighted by Crippen LogP contribution is -1.88. The molecule has 2 N–H and O–H groups in total. The fraction of sp³-hybridized carbons (Fsp3) is 0. The molecular formula is C16H11FN4O2. The topological polar surface area (TPSA) is 91.8 Å². The van der Waals surface area contributed by atoms with Crippen LogP contribution in [0.5, 0.6) is 5.75 Å². The first-order valence-corrected chi connectivity index (χ1v) is 6.67. The predicted molar refractivity (Wildman–Crippen MR) is 82.0 cm³/mol. The molecule has 3 aromatic rings. The highest BCUT2D eigenvalue weighted by Crippen LogP contribution is 2.23. The summed E-state index contributed by atoms with van der Waals surface area (Å²) in [4.78, 5) is 10.8. The smallest absolute Gasteiger partial charge is 0.204 e. The number of rotatable bonds is 4. The Balaban J connectivity index is 1.83. The SMILES string of the molecule is O=Cc1cc(/C=C/c2ccc(-c3nn[nH]n3)cc2)cc(F)c1O. The van der Waals surface area contributed by atoms with E-state index in [1.165, 1.54) is 6.07 Å². The molecule has 0 saturated heterocycles. The molecule has 0 unspecified atom stereocenters. The maximum atomic E-state index is 13.5. The van der Waals surface area contributed by atoms with E-state index in [0.29, 0.717) is 17.7 Å². The minimum atomic E-state index is -0.832. The van der Waals surface area contributed by atoms with Gasteiger partial charge in [-0.1, -0.05) is 36.4 Å². The number of benzene rings is 2. The number of hydrogen-bond acceptors (Lipinski definition) is 5. The third-order valence-electron chi connectivity index (χ3n) is 3.22. The summed E-state index contributed by atoms with van der Waals surface area (Å²) in [5, 5.41) is 23.0. The highest BCUT2D eigenvalue weighted by molar-refractivity contribution is 5.82. The van der Waals surface area contributed by atoms with Gasteiger partial charge in [-0.15, -0.1) is 10.2 Å². The summed E-state index contributed by atoms with van der Waals surface area (Å²) < 4.78 is 13.5. The summed E-state index contributed by atoms with van der Waals surface area (Å²) in [7, 11) is 0. The molecule has 1 heterocycles. The van der Waals surface area contributed by atoms with Crippen LogP contribution < -0.4 is 0 Å². The van der Waals surface area contributed by atoms with Crippen molar-refractivity contribution in [2.24, 2.45) is 0 Å². The Hall–Kier alpha value is -3.35. The van der Waals surface area contributed by atoms with E-state index < -0.39 is 11.6 Å². The number of aromatic nitrogens is 4. The zero-order valence-corrected chi connectivity index (χ0v) is 11.8. The van der Waals surface area contributed by atoms with Crippen LogP contribution in [-0.4, -0.2) is 32.0 Å². The molecule has 6 nitrogen and oxygen atoms in total. The van der Waals surface area contributed by atoms with E-state index in [2.05, 4.69) is 20.6 Å². The number of nitrogens with one attached hydrogen (secondary N) is 1. The van der Waals surface area contributed by atoms with Gasteiger partial charge >= 0.3 is 0 Å². The van der Waals surface area contributed by atoms with Gasteiger partial charge in [0.15, 0.2) is 17.9 Å². The second-order valence-electron chi connectivity index (χ2n) is 4.75. The van der Waals surface area contributed by atoms with Crippen LogP contribution in [0.4, 0.5) is 4.39 Å². The standard InChI is InChI=1S/C16H11FN4O2/c17-14-8-11(7-13(9-22)15(14)23)2-1-10-3-5-12(6-4-10)16-18-20-21-19-16/h1-9,23H,(H,18,19,20,21)/b2-1+. The van der Waals surface area contributed by atoms with Gasteiger partial charge in [-0.25, -0.2) is 4.39 Å². The molecule has 3 rings (SSSR count). The lowest BCUT2D eigenvalue weighted by atomic mass is 10.1. The number of phenols is 1. The Morgan fingerprint density at radius 1 is 1.09 bits per heavy atom. The molecule has 0 aliphatic carbocycles. The number of hydrogen-bond donors (Lipinski definition) is 2. The van der Waals surface area contributed by atoms with E-state index in [1.807, 2.05) is 24.3 Å². The van der Waals surface area contributed by atoms with E-state index >= 15 is 0 Å². The van der Waals surface area contributed by atoms with Crippen LogP contribution in [0.3, 0.4) is 0 Å². The third-order valence-corrected chi connectivity index (χ3v) is 3.22. The molecule has 0 saturated carbocycles. The number of aromatic amines is 1. The van der Waals surface area contributed by atoms with E-state index in [0.717, 1.165) is 17.2 Å². The summed E-state index contributed by atoms with van der Waals surface area (Å²) in [5.41, 5.74) is 2.08. The van der Waals surface area contributed by atoms with E-state index in [-0.39, 0.29) is 5.56 Å². The van der Waals surface area contributed by atoms with Crippen molar-refractivity contribution in [1.29, 1.82) is 0 Å². The maximum Gasteiger partial charge on any atom is 0.204 e. The highest BCUT2D eigenvalue weighted by atomic mass is 19.1. The zero-order valence-electron chi connectivity index (χ0n) is 11.8. The van der Waals surface area contributed by atoms with Crippen LogP contribution in [0.1, 0.15) is 21.5 Å². The maximum absolute atomic E-state index is 13.5. The second kappa shape index (κ2) is 6.18. The van der Waals surface area contributed by atoms with Crippen LogP contribution in [0.2, 0.25) is 0 Å². The summed E-state index contributed by atoms with van der Waals surface area (Å²) >= 11 is 0. The number of carbonyl (C=O) groups excluding carboxylic acids is 1. The number of H-pyrrole nitrogens is 1. The van der Waals surface area contributed by atoms with Crippen molar-refractivity contribution in [2.45, 2.75) is 0 Å². The average molecular weight is 310 g/mol. The van der Waals surface area contributed by atoms with E-state index in [4.69, 9.17) is 0 Å². The lowest BCUT2D eigenvalue weighted by molar-refractivity contribution is 0.112. The molecule has 2 aromatic carbocycles. The van der Waals surface area contributed by atoms with Gasteiger partial charge in [0, 0.05) is 5.56 Å². The Morgan fingerprint density at radius 2 is 1.83 bits per heavy atom. The van der Waals surface area contributed by atoms with Gasteiger partial charge in [-0.05, 0) is 28.5 Å². The molecule has 23 heavy (non-hydrogen) atoms. The average Bonchev–Trinajstić information content (AvgIpc) is 3.11. The second-order valence-corrected chi connectivity index (χ2v) is 4.75. The van der Waals surface area contributed by atoms with Crippen molar-refractivity contribution in [3.05, 3.63) is 58.9 Å². The van der Waals surface area contributed by atoms with Crippen molar-refractivity contribution < 1.29 is 14.3 Å². The van der Waals surface area contributed by atoms with Crippen LogP contribution >= 0.6 is 0 Å². The van der Waals surface area contributed by atoms with Gasteiger partial charge in [-0.2, -0.15) is 5.21 Å². The van der Waals surface area contributed by atoms with Crippen LogP contribution in [0.25, 0.3) is 23.5 Å². The number of phenolic OH excluding ortho intramolecular Hbond substituents is 1. The Kier molecular flexibility index (Phi) is 3.92. The van der Waals surface area contributed by atoms with Gasteiger partial charge in [-0.3, -0.25) is 4.79 Å². The number of aromatic hydroxyl groups is 1. The summed E-state index contributed by atoms with van der Waals surface area (Å²) in [5.74, 6) is -0.972. The van der Waals surface area contributed by atoms with Crippen molar-refractivity contribution in [3.8, 4) is 17.1 Å². The molecule has 7 heteroatoms. The number of aldehydes is 1. The monoisotopic (exact) mass is 310 g/mol. The van der Waals surface area contributed by atoms with Crippen molar-refractivity contribution >= 4 is 18.4 Å². The first-order chi connectivity index (χ1) is 11.2. The molecule has 114 valence electrons. The zero-order chi connectivity index (χ0) is 16.2. The Morgan fingerprint density at radius 3 is 2.48 bits per heavy atom. The third kappa shape index (κ3) is 3.13. The highest BCUT2D eigenvalue weighted by Gasteiger charge is 2.07. The molecule has 0 atom stereocenters. The quantitative estimate of drug-likeness (QED) is 0.571. The first kappa shape index (κ1) is 14.6. The number of halogens is 1. The van der Waals surface area contributed by atoms with Crippen LogP contribution in [0.15, 0.2) is 36.4 Å². The number of tetrazole rings is 1. The number of nitrogens with zero attached hydrogens (tertiary/aromatic N) is 3. The van der Waals surface area contributed by atoms with Gasteiger partial charge in [0.05, 0.1) is 5.56 Å². The van der Waals surface area contributed by atoms with Crippen molar-refractivity contribution in [3.63, 3.8) is 0 Å². The summed E-state index contributed by atoms with van der Waals surface area (Å²) in [6, 6.07) is 9.93. The summed E-state index contributed by atoms with van der Waals surface area (Å²) in [6.45, 7) is 0. The Bertz CT molecular complexity index is 859. The molecule has 0 aliphatic heterocycles. The molecule has 0 amide bonds. The molecular weight excluding hydrogens is 299 g/mol. The van der Waals surface area contributed by atoms with Crippen LogP contribution in [0, 0.1) is 5.82 Å². The lowest BCUT2D eigenvalue weighted by Gasteiger charge is -2.01. The molecule has 1 aromatic heterocycles. The molecule has 0 spiro atoms. The minimum absolute atomic E-state index is 0.0860. The van der Waals surface area contributed by atoms with Crippen LogP contribution in [-0.2, 0) is 0 Å². The van der Waals surface area contributed by atoms with Crippen molar-refractivity contribution in [2.75, 3.05) is 0 Å². The van der Waals surface area contributed by atoms with E-state index in [1.54, 1.807) is 12.2 Å². The Labute approximate surface area is 130 Å². The molecule has 0 aliphatic rings. The minimum Gasteiger partial charge on any atom is -0.504 e. The largest absolute Gasteiger partial charge is 0.504 e. The molecule has 0 radical (unpaired) electrons. The van der Waals surface area contributed by atoms with E-state index in [9.17, 15) is 14.3 Å². The van der Waals surface area contributed by atoms with Gasteiger partial charge in [0.25, 0.3) is 0 Å². The predicted octanol–water partition coefficient (Wildman–Crippen LogP) is 2.69. The first-order valence-electron chi connectivity index (χ1n) is 6.67. The van der Waals surface area contributed by atoms with Gasteiger partial charge in [0.1, 0.15) is 0 Å². The van der Waals surface area contributed by atoms with Gasteiger partial charge < -0.3 is 5.11 Å². The fourth-order valence-electron chi connectivity index (χ4n) is 2.05. The van der Waals surface area contributed by atoms with Gasteiger partial charge in [0.2, 0.25) is 5.82 Å². The fourth-order valence-corrected chi connectivity index (χ4v) is 2.05. The normalized spacial score (nSPS) is 11.0. The molecule has 0 fully saturated rings. The summed E-state index contributed by atoms with van der Waals surface area (Å²) in [6.07, 6.45) is 3.83. The van der Waals surface area contributed by atoms with Crippen molar-refractivity contribution in [1.82, 2.24) is 20.6 Å². The number of carbonyl (C=O) groups is 1.